The summed E-state index contributed by atoms with van der Waals surface area (Å²) < 4.78 is 20.5. The molecule has 6 heterocycles. The van der Waals surface area contributed by atoms with Crippen molar-refractivity contribution in [1.82, 2.24) is 39.0 Å². The standard InChI is InChI=1S/C21H26N9O9PS/c22-21-27-16-12(18(35)28-21)26-7-30(16)19-10(3-8(38-19)1-2-31)40(36,41)37-4-9-13(32)14(33)20(39-9)29-6-25-11-15(29)23-5-24-17(11)34/h5-10,13-14,19-20,31-33H,1-4H2,(H,36,41)(H,23,24,34)(H3,22,27,28,35)/t8-,9-,10-,13-,14-,19?,20-,40?/m1/s1. The van der Waals surface area contributed by atoms with Gasteiger partial charge in [0.25, 0.3) is 11.1 Å². The molecule has 0 bridgehead atoms. The van der Waals surface area contributed by atoms with Gasteiger partial charge in [0.15, 0.2) is 35.0 Å². The number of nitrogen functional groups attached to an aromatic ring is 1. The maximum atomic E-state index is 12.3. The maximum absolute atomic E-state index is 12.3. The second-order valence-electron chi connectivity index (χ2n) is 9.70. The predicted molar refractivity (Wildman–Crippen MR) is 143 cm³/mol. The number of imidazole rings is 2. The first kappa shape index (κ1) is 28.0. The molecule has 0 aromatic carbocycles. The molecule has 220 valence electrons. The number of fused-ring (bicyclic) bond motifs is 2. The minimum atomic E-state index is -3.74. The van der Waals surface area contributed by atoms with Crippen molar-refractivity contribution in [3.63, 3.8) is 0 Å². The number of H-pyrrole nitrogens is 2. The quantitative estimate of drug-likeness (QED) is 0.104. The van der Waals surface area contributed by atoms with E-state index in [4.69, 9.17) is 31.5 Å². The molecule has 4 aromatic rings. The number of hydrogen-bond donors (Lipinski definition) is 7. The lowest BCUT2D eigenvalue weighted by Gasteiger charge is -2.28. The summed E-state index contributed by atoms with van der Waals surface area (Å²) in [6.07, 6.45) is -2.41. The molecule has 0 amide bonds. The Morgan fingerprint density at radius 3 is 2.51 bits per heavy atom. The minimum Gasteiger partial charge on any atom is -0.396 e. The van der Waals surface area contributed by atoms with E-state index in [2.05, 4.69) is 29.9 Å². The van der Waals surface area contributed by atoms with Gasteiger partial charge in [-0.25, -0.2) is 15.0 Å². The van der Waals surface area contributed by atoms with Crippen molar-refractivity contribution in [2.75, 3.05) is 18.9 Å². The molecule has 6 rings (SSSR count). The molecule has 2 saturated heterocycles. The van der Waals surface area contributed by atoms with Crippen molar-refractivity contribution in [2.45, 2.75) is 55.4 Å². The largest absolute Gasteiger partial charge is 0.396 e. The lowest BCUT2D eigenvalue weighted by atomic mass is 10.1. The Balaban J connectivity index is 1.23. The third-order valence-electron chi connectivity index (χ3n) is 7.16. The van der Waals surface area contributed by atoms with Gasteiger partial charge in [0.05, 0.1) is 37.4 Å². The summed E-state index contributed by atoms with van der Waals surface area (Å²) in [4.78, 5) is 56.8. The zero-order valence-corrected chi connectivity index (χ0v) is 22.8. The summed E-state index contributed by atoms with van der Waals surface area (Å²) in [5.74, 6) is -0.142. The first-order chi connectivity index (χ1) is 19.6. The molecule has 0 aliphatic carbocycles. The van der Waals surface area contributed by atoms with Gasteiger partial charge in [-0.15, -0.1) is 0 Å². The Labute approximate surface area is 233 Å². The number of ether oxygens (including phenoxy) is 2. The highest BCUT2D eigenvalue weighted by Gasteiger charge is 2.48. The molecular formula is C21H26N9O9PS. The summed E-state index contributed by atoms with van der Waals surface area (Å²) >= 11 is 5.55. The number of nitrogens with zero attached hydrogens (tertiary/aromatic N) is 6. The van der Waals surface area contributed by atoms with E-state index in [1.807, 2.05) is 0 Å². The molecule has 2 aliphatic heterocycles. The van der Waals surface area contributed by atoms with Crippen molar-refractivity contribution in [3.8, 4) is 0 Å². The second-order valence-corrected chi connectivity index (χ2v) is 13.3. The van der Waals surface area contributed by atoms with Crippen LogP contribution in [0.25, 0.3) is 22.3 Å². The van der Waals surface area contributed by atoms with Gasteiger partial charge >= 0.3 is 0 Å². The van der Waals surface area contributed by atoms with Crippen LogP contribution < -0.4 is 16.9 Å². The van der Waals surface area contributed by atoms with Gasteiger partial charge in [-0.05, 0) is 24.6 Å². The van der Waals surface area contributed by atoms with E-state index in [0.29, 0.717) is 0 Å². The van der Waals surface area contributed by atoms with Crippen molar-refractivity contribution in [3.05, 3.63) is 39.7 Å². The van der Waals surface area contributed by atoms with Gasteiger partial charge < -0.3 is 44.9 Å². The van der Waals surface area contributed by atoms with E-state index < -0.39 is 66.7 Å². The van der Waals surface area contributed by atoms with E-state index in [1.165, 1.54) is 28.1 Å². The van der Waals surface area contributed by atoms with Gasteiger partial charge in [0, 0.05) is 6.61 Å². The lowest BCUT2D eigenvalue weighted by Crippen LogP contribution is -2.34. The first-order valence-electron chi connectivity index (χ1n) is 12.5. The monoisotopic (exact) mass is 611 g/mol. The summed E-state index contributed by atoms with van der Waals surface area (Å²) in [6, 6.07) is 0. The van der Waals surface area contributed by atoms with Crippen LogP contribution in [0.5, 0.6) is 0 Å². The summed E-state index contributed by atoms with van der Waals surface area (Å²) in [7, 11) is 0. The van der Waals surface area contributed by atoms with E-state index in [-0.39, 0.29) is 47.7 Å². The molecule has 2 unspecified atom stereocenters. The molecule has 0 saturated carbocycles. The molecule has 18 nitrogen and oxygen atoms in total. The lowest BCUT2D eigenvalue weighted by molar-refractivity contribution is -0.0479. The summed E-state index contributed by atoms with van der Waals surface area (Å²) in [5.41, 5.74) is 4.13. The number of rotatable bonds is 8. The van der Waals surface area contributed by atoms with Crippen LogP contribution in [-0.2, 0) is 25.8 Å². The van der Waals surface area contributed by atoms with Crippen molar-refractivity contribution < 1.29 is 34.2 Å². The van der Waals surface area contributed by atoms with Crippen LogP contribution in [0.4, 0.5) is 5.95 Å². The van der Waals surface area contributed by atoms with Crippen molar-refractivity contribution >= 4 is 46.6 Å². The molecular weight excluding hydrogens is 585 g/mol. The Morgan fingerprint density at radius 2 is 1.78 bits per heavy atom. The van der Waals surface area contributed by atoms with E-state index in [1.54, 1.807) is 0 Å². The fraction of sp³-hybridized carbons (Fsp3) is 0.524. The normalized spacial score (nSPS) is 29.9. The minimum absolute atomic E-state index is 0.00494. The molecule has 2 aliphatic rings. The molecule has 0 spiro atoms. The van der Waals surface area contributed by atoms with E-state index in [9.17, 15) is 29.8 Å². The third kappa shape index (κ3) is 4.88. The van der Waals surface area contributed by atoms with Crippen LogP contribution >= 0.6 is 6.49 Å². The number of nitrogens with one attached hydrogen (secondary N) is 2. The molecule has 2 fully saturated rings. The maximum Gasteiger partial charge on any atom is 0.280 e. The van der Waals surface area contributed by atoms with Gasteiger partial charge in [-0.3, -0.25) is 23.7 Å². The highest BCUT2D eigenvalue weighted by molar-refractivity contribution is 8.09. The average molecular weight is 612 g/mol. The van der Waals surface area contributed by atoms with Crippen LogP contribution in [0.3, 0.4) is 0 Å². The van der Waals surface area contributed by atoms with Gasteiger partial charge in [0.1, 0.15) is 24.5 Å². The predicted octanol–water partition coefficient (Wildman–Crippen LogP) is -2.19. The zero-order valence-electron chi connectivity index (χ0n) is 21.0. The molecule has 0 radical (unpaired) electrons. The Kier molecular flexibility index (Phi) is 7.25. The summed E-state index contributed by atoms with van der Waals surface area (Å²) in [5, 5.41) is 30.9. The van der Waals surface area contributed by atoms with Crippen LogP contribution in [0, 0.1) is 0 Å². The number of aromatic nitrogens is 8. The van der Waals surface area contributed by atoms with Gasteiger partial charge in [-0.1, -0.05) is 0 Å². The summed E-state index contributed by atoms with van der Waals surface area (Å²) in [6.45, 7) is -4.32. The average Bonchev–Trinajstić information content (AvgIpc) is 3.70. The molecule has 4 aromatic heterocycles. The van der Waals surface area contributed by atoms with Gasteiger partial charge in [-0.2, -0.15) is 4.98 Å². The Bertz CT molecular complexity index is 1760. The third-order valence-corrected chi connectivity index (χ3v) is 10.1. The molecule has 8 N–H and O–H groups in total. The number of aliphatic hydroxyl groups is 3. The van der Waals surface area contributed by atoms with Gasteiger partial charge in [0.2, 0.25) is 5.95 Å². The van der Waals surface area contributed by atoms with Crippen LogP contribution in [0.15, 0.2) is 28.6 Å². The Hall–Kier alpha value is -3.13. The number of hydrogen-bond acceptors (Lipinski definition) is 14. The number of anilines is 1. The van der Waals surface area contributed by atoms with Crippen LogP contribution in [0.1, 0.15) is 25.3 Å². The first-order valence-corrected chi connectivity index (χ1v) is 15.2. The van der Waals surface area contributed by atoms with E-state index in [0.717, 1.165) is 0 Å². The molecule has 8 atom stereocenters. The number of aliphatic hydroxyl groups excluding tert-OH is 3. The second kappa shape index (κ2) is 10.6. The van der Waals surface area contributed by atoms with Crippen LogP contribution in [-0.4, -0.2) is 103 Å². The van der Waals surface area contributed by atoms with E-state index >= 15 is 0 Å². The van der Waals surface area contributed by atoms with Crippen molar-refractivity contribution in [2.24, 2.45) is 0 Å². The fourth-order valence-corrected chi connectivity index (χ4v) is 7.50. The highest BCUT2D eigenvalue weighted by Crippen LogP contribution is 2.58. The van der Waals surface area contributed by atoms with Crippen molar-refractivity contribution in [1.29, 1.82) is 0 Å². The number of nitrogens with two attached hydrogens (primary N) is 1. The Morgan fingerprint density at radius 1 is 1.07 bits per heavy atom. The fourth-order valence-electron chi connectivity index (χ4n) is 5.16. The molecule has 41 heavy (non-hydrogen) atoms. The smallest absolute Gasteiger partial charge is 0.280 e. The zero-order chi connectivity index (χ0) is 29.1. The SMILES string of the molecule is Nc1nc2c(ncn2C2O[C@H](CCO)C[C@H]2P(O)(=S)OC[C@H]2O[C@@H](n3cnc4c(=O)[nH]cnc43)[C@H](O)[C@@H]2O)c(=O)[nH]1. The van der Waals surface area contributed by atoms with Crippen LogP contribution in [0.2, 0.25) is 0 Å². The number of aromatic amines is 2. The topological polar surface area (TPSA) is 262 Å². The highest BCUT2D eigenvalue weighted by atomic mass is 32.5. The molecule has 20 heteroatoms.